The Bertz CT molecular complexity index is 153. The molecule has 0 bridgehead atoms. The van der Waals surface area contributed by atoms with Gasteiger partial charge in [0.2, 0.25) is 0 Å². The Morgan fingerprint density at radius 1 is 1.89 bits per heavy atom. The van der Waals surface area contributed by atoms with Crippen LogP contribution in [0.5, 0.6) is 0 Å². The first-order valence-corrected chi connectivity index (χ1v) is 4.36. The van der Waals surface area contributed by atoms with Crippen molar-refractivity contribution in [1.82, 2.24) is 0 Å². The van der Waals surface area contributed by atoms with E-state index >= 15 is 0 Å². The molecule has 0 spiro atoms. The molecule has 0 amide bonds. The quantitative estimate of drug-likeness (QED) is 0.428. The van der Waals surface area contributed by atoms with Crippen molar-refractivity contribution in [3.8, 4) is 0 Å². The molecule has 9 heavy (non-hydrogen) atoms. The van der Waals surface area contributed by atoms with Crippen LogP contribution in [0, 0.1) is 0 Å². The zero-order valence-electron chi connectivity index (χ0n) is 5.46. The van der Waals surface area contributed by atoms with Gasteiger partial charge in [0.05, 0.1) is 10.8 Å². The molecule has 0 aliphatic heterocycles. The fraction of sp³-hybridized carbons (Fsp3) is 0.600. The second-order valence-corrected chi connectivity index (χ2v) is 3.59. The first-order chi connectivity index (χ1) is 4.22. The van der Waals surface area contributed by atoms with Gasteiger partial charge >= 0.3 is 0 Å². The molecule has 0 aromatic heterocycles. The topological polar surface area (TPSA) is 29.4 Å². The van der Waals surface area contributed by atoms with Crippen molar-refractivity contribution < 1.29 is 4.21 Å². The summed E-state index contributed by atoms with van der Waals surface area (Å²) < 4.78 is 11.0. The Kier molecular flexibility index (Phi) is 4.71. The minimum absolute atomic E-state index is 0.292. The highest BCUT2D eigenvalue weighted by Crippen LogP contribution is 1.88. The van der Waals surface area contributed by atoms with Crippen LogP contribution in [0.4, 0.5) is 0 Å². The van der Waals surface area contributed by atoms with E-state index in [1.807, 2.05) is 6.92 Å². The summed E-state index contributed by atoms with van der Waals surface area (Å²) in [5, 5.41) is 0. The Morgan fingerprint density at radius 2 is 2.44 bits per heavy atom. The van der Waals surface area contributed by atoms with Crippen LogP contribution in [0.15, 0.2) is 4.99 Å². The van der Waals surface area contributed by atoms with Crippen LogP contribution >= 0.6 is 12.2 Å². The smallest absolute Gasteiger partial charge is 0.190 e. The SMILES string of the molecule is CC=NC(=S)S(=O)CC. The number of hydrogen-bond donors (Lipinski definition) is 0. The van der Waals surface area contributed by atoms with Gasteiger partial charge in [0, 0.05) is 12.0 Å². The Labute approximate surface area is 62.8 Å². The van der Waals surface area contributed by atoms with Gasteiger partial charge in [-0.15, -0.1) is 0 Å². The van der Waals surface area contributed by atoms with E-state index in [0.717, 1.165) is 0 Å². The molecule has 1 unspecified atom stereocenters. The minimum atomic E-state index is -1.04. The summed E-state index contributed by atoms with van der Waals surface area (Å²) in [4.78, 5) is 3.70. The number of nitrogens with zero attached hydrogens (tertiary/aromatic N) is 1. The van der Waals surface area contributed by atoms with Crippen LogP contribution in [0.1, 0.15) is 13.8 Å². The van der Waals surface area contributed by atoms with Crippen LogP contribution in [0.25, 0.3) is 0 Å². The fourth-order valence-corrected chi connectivity index (χ4v) is 1.22. The van der Waals surface area contributed by atoms with Gasteiger partial charge in [-0.2, -0.15) is 0 Å². The Balaban J connectivity index is 3.89. The highest BCUT2D eigenvalue weighted by Gasteiger charge is 1.98. The van der Waals surface area contributed by atoms with E-state index in [-0.39, 0.29) is 0 Å². The van der Waals surface area contributed by atoms with Crippen LogP contribution in [-0.2, 0) is 10.8 Å². The highest BCUT2D eigenvalue weighted by atomic mass is 32.2. The zero-order valence-corrected chi connectivity index (χ0v) is 7.09. The van der Waals surface area contributed by atoms with Crippen molar-refractivity contribution in [2.24, 2.45) is 4.99 Å². The molecule has 0 saturated carbocycles. The van der Waals surface area contributed by atoms with Crippen molar-refractivity contribution in [2.75, 3.05) is 5.75 Å². The Hall–Kier alpha value is -0.0900. The normalized spacial score (nSPS) is 14.0. The van der Waals surface area contributed by atoms with Gasteiger partial charge < -0.3 is 0 Å². The molecule has 4 heteroatoms. The number of aliphatic imine (C=N–C) groups is 1. The lowest BCUT2D eigenvalue weighted by atomic mass is 10.9. The molecule has 52 valence electrons. The van der Waals surface area contributed by atoms with E-state index in [1.165, 1.54) is 0 Å². The molecule has 0 fully saturated rings. The lowest BCUT2D eigenvalue weighted by Gasteiger charge is -1.90. The average Bonchev–Trinajstić information content (AvgIpc) is 1.87. The van der Waals surface area contributed by atoms with Crippen LogP contribution in [0.2, 0.25) is 0 Å². The van der Waals surface area contributed by atoms with Gasteiger partial charge in [0.15, 0.2) is 4.32 Å². The van der Waals surface area contributed by atoms with Gasteiger partial charge in [-0.3, -0.25) is 4.21 Å². The molecule has 0 radical (unpaired) electrons. The third kappa shape index (κ3) is 3.48. The molecule has 0 saturated heterocycles. The number of thiocarbonyl (C=S) groups is 1. The maximum atomic E-state index is 10.8. The fourth-order valence-electron chi connectivity index (χ4n) is 0.288. The van der Waals surface area contributed by atoms with E-state index in [4.69, 9.17) is 0 Å². The van der Waals surface area contributed by atoms with Crippen molar-refractivity contribution in [1.29, 1.82) is 0 Å². The summed E-state index contributed by atoms with van der Waals surface area (Å²) >= 11 is 4.68. The van der Waals surface area contributed by atoms with Gasteiger partial charge in [-0.1, -0.05) is 6.92 Å². The van der Waals surface area contributed by atoms with Crippen molar-refractivity contribution in [3.05, 3.63) is 0 Å². The molecule has 0 aliphatic rings. The van der Waals surface area contributed by atoms with E-state index in [2.05, 4.69) is 17.2 Å². The first-order valence-electron chi connectivity index (χ1n) is 2.63. The van der Waals surface area contributed by atoms with Crippen molar-refractivity contribution >= 4 is 33.6 Å². The predicted molar refractivity (Wildman–Crippen MR) is 45.4 cm³/mol. The molecular weight excluding hydrogens is 154 g/mol. The largest absolute Gasteiger partial charge is 0.252 e. The average molecular weight is 163 g/mol. The summed E-state index contributed by atoms with van der Waals surface area (Å²) in [5.41, 5.74) is 0. The molecule has 0 heterocycles. The Morgan fingerprint density at radius 3 is 2.78 bits per heavy atom. The summed E-state index contributed by atoms with van der Waals surface area (Å²) in [6.07, 6.45) is 1.55. The highest BCUT2D eigenvalue weighted by molar-refractivity contribution is 8.13. The third-order valence-electron chi connectivity index (χ3n) is 0.691. The predicted octanol–water partition coefficient (Wildman–Crippen LogP) is 1.13. The molecule has 0 aliphatic carbocycles. The van der Waals surface area contributed by atoms with E-state index in [9.17, 15) is 4.21 Å². The van der Waals surface area contributed by atoms with E-state index in [0.29, 0.717) is 10.1 Å². The van der Waals surface area contributed by atoms with Gasteiger partial charge in [0.1, 0.15) is 0 Å². The van der Waals surface area contributed by atoms with Gasteiger partial charge in [0.25, 0.3) is 0 Å². The maximum absolute atomic E-state index is 10.8. The molecule has 0 N–H and O–H groups in total. The summed E-state index contributed by atoms with van der Waals surface area (Å²) in [7, 11) is -1.04. The molecule has 1 atom stereocenters. The molecule has 2 nitrogen and oxygen atoms in total. The molecular formula is C5H9NOS2. The van der Waals surface area contributed by atoms with Crippen molar-refractivity contribution in [3.63, 3.8) is 0 Å². The lowest BCUT2D eigenvalue weighted by molar-refractivity contribution is 0.690. The van der Waals surface area contributed by atoms with Crippen LogP contribution < -0.4 is 0 Å². The summed E-state index contributed by atoms with van der Waals surface area (Å²) in [5.74, 6) is 0.552. The van der Waals surface area contributed by atoms with Crippen LogP contribution in [-0.4, -0.2) is 20.5 Å². The number of rotatable bonds is 1. The van der Waals surface area contributed by atoms with E-state index < -0.39 is 10.8 Å². The van der Waals surface area contributed by atoms with Gasteiger partial charge in [-0.25, -0.2) is 4.99 Å². The van der Waals surface area contributed by atoms with E-state index in [1.54, 1.807) is 13.1 Å². The minimum Gasteiger partial charge on any atom is -0.252 e. The summed E-state index contributed by atoms with van der Waals surface area (Å²) in [6.45, 7) is 3.56. The maximum Gasteiger partial charge on any atom is 0.190 e. The first kappa shape index (κ1) is 8.91. The summed E-state index contributed by atoms with van der Waals surface area (Å²) in [6, 6.07) is 0. The zero-order chi connectivity index (χ0) is 7.28. The lowest BCUT2D eigenvalue weighted by Crippen LogP contribution is -2.02. The monoisotopic (exact) mass is 163 g/mol. The molecule has 0 aromatic rings. The second-order valence-electron chi connectivity index (χ2n) is 1.29. The van der Waals surface area contributed by atoms with Gasteiger partial charge in [-0.05, 0) is 19.1 Å². The second kappa shape index (κ2) is 4.76. The van der Waals surface area contributed by atoms with Crippen LogP contribution in [0.3, 0.4) is 0 Å². The molecule has 0 aromatic carbocycles. The standard InChI is InChI=1S/C5H9NOS2/c1-3-6-5(8)9(7)4-2/h3H,4H2,1-2H3. The van der Waals surface area contributed by atoms with Crippen molar-refractivity contribution in [2.45, 2.75) is 13.8 Å². The number of hydrogen-bond acceptors (Lipinski definition) is 2. The molecule has 0 rings (SSSR count). The third-order valence-corrected chi connectivity index (χ3v) is 2.37.